The molecule has 2 heterocycles. The van der Waals surface area contributed by atoms with E-state index in [9.17, 15) is 4.79 Å². The summed E-state index contributed by atoms with van der Waals surface area (Å²) in [4.78, 5) is 14.9. The molecule has 4 heteroatoms. The molecule has 0 saturated heterocycles. The van der Waals surface area contributed by atoms with Gasteiger partial charge in [-0.3, -0.25) is 4.98 Å². The summed E-state index contributed by atoms with van der Waals surface area (Å²) in [6, 6.07) is 1.72. The van der Waals surface area contributed by atoms with Crippen molar-refractivity contribution in [1.29, 1.82) is 0 Å². The average molecular weight is 179 g/mol. The molecular formula is C8H5NO2S. The molecule has 0 aliphatic heterocycles. The number of rotatable bonds is 1. The van der Waals surface area contributed by atoms with Crippen LogP contribution in [0.4, 0.5) is 0 Å². The van der Waals surface area contributed by atoms with Crippen molar-refractivity contribution in [1.82, 2.24) is 4.98 Å². The highest BCUT2D eigenvalue weighted by molar-refractivity contribution is 7.13. The van der Waals surface area contributed by atoms with Gasteiger partial charge in [0, 0.05) is 28.5 Å². The maximum absolute atomic E-state index is 10.7. The van der Waals surface area contributed by atoms with Crippen molar-refractivity contribution in [3.63, 3.8) is 0 Å². The molecular weight excluding hydrogens is 174 g/mol. The van der Waals surface area contributed by atoms with Crippen LogP contribution >= 0.6 is 11.3 Å². The van der Waals surface area contributed by atoms with Crippen molar-refractivity contribution in [2.75, 3.05) is 0 Å². The number of hydrogen-bond acceptors (Lipinski definition) is 3. The fourth-order valence-corrected chi connectivity index (χ4v) is 1.91. The minimum Gasteiger partial charge on any atom is -0.477 e. The Hall–Kier alpha value is -1.42. The number of aromatic nitrogens is 1. The Morgan fingerprint density at radius 2 is 2.42 bits per heavy atom. The number of nitrogens with zero attached hydrogens (tertiary/aromatic N) is 1. The number of carboxylic acids is 1. The molecule has 0 saturated carbocycles. The molecule has 12 heavy (non-hydrogen) atoms. The number of thiophene rings is 1. The number of fused-ring (bicyclic) bond motifs is 1. The van der Waals surface area contributed by atoms with Crippen LogP contribution in [0.15, 0.2) is 23.8 Å². The maximum atomic E-state index is 10.7. The van der Waals surface area contributed by atoms with Crippen LogP contribution in [0.1, 0.15) is 9.67 Å². The van der Waals surface area contributed by atoms with Gasteiger partial charge in [0.1, 0.15) is 4.88 Å². The van der Waals surface area contributed by atoms with Crippen LogP contribution in [0.25, 0.3) is 10.8 Å². The molecule has 0 aliphatic rings. The smallest absolute Gasteiger partial charge is 0.346 e. The second-order valence-electron chi connectivity index (χ2n) is 2.33. The van der Waals surface area contributed by atoms with Crippen LogP contribution in [0.5, 0.6) is 0 Å². The van der Waals surface area contributed by atoms with E-state index < -0.39 is 5.97 Å². The zero-order valence-electron chi connectivity index (χ0n) is 6.02. The lowest BCUT2D eigenvalue weighted by atomic mass is 10.2. The molecule has 2 aromatic rings. The first-order valence-electron chi connectivity index (χ1n) is 3.33. The first-order chi connectivity index (χ1) is 5.79. The monoisotopic (exact) mass is 179 g/mol. The molecule has 0 aliphatic carbocycles. The molecule has 0 unspecified atom stereocenters. The Morgan fingerprint density at radius 1 is 1.58 bits per heavy atom. The lowest BCUT2D eigenvalue weighted by Gasteiger charge is -1.89. The summed E-state index contributed by atoms with van der Waals surface area (Å²) in [6.45, 7) is 0. The van der Waals surface area contributed by atoms with E-state index in [1.165, 1.54) is 11.3 Å². The van der Waals surface area contributed by atoms with Gasteiger partial charge in [0.15, 0.2) is 0 Å². The Morgan fingerprint density at radius 3 is 3.17 bits per heavy atom. The summed E-state index contributed by atoms with van der Waals surface area (Å²) < 4.78 is 0. The van der Waals surface area contributed by atoms with E-state index in [0.29, 0.717) is 4.88 Å². The van der Waals surface area contributed by atoms with E-state index in [1.807, 2.05) is 0 Å². The molecule has 0 radical (unpaired) electrons. The zero-order chi connectivity index (χ0) is 8.55. The second-order valence-corrected chi connectivity index (χ2v) is 3.21. The van der Waals surface area contributed by atoms with Crippen molar-refractivity contribution in [3.8, 4) is 0 Å². The molecule has 0 aromatic carbocycles. The Bertz CT molecular complexity index is 435. The fraction of sp³-hybridized carbons (Fsp3) is 0. The highest BCUT2D eigenvalue weighted by Crippen LogP contribution is 2.24. The molecule has 60 valence electrons. The van der Waals surface area contributed by atoms with Crippen molar-refractivity contribution >= 4 is 28.1 Å². The Balaban J connectivity index is 2.79. The second kappa shape index (κ2) is 2.57. The molecule has 2 aromatic heterocycles. The van der Waals surface area contributed by atoms with E-state index >= 15 is 0 Å². The highest BCUT2D eigenvalue weighted by atomic mass is 32.1. The normalized spacial score (nSPS) is 10.3. The third kappa shape index (κ3) is 0.967. The summed E-state index contributed by atoms with van der Waals surface area (Å²) in [5.41, 5.74) is 0. The first-order valence-corrected chi connectivity index (χ1v) is 4.21. The molecule has 0 fully saturated rings. The van der Waals surface area contributed by atoms with Gasteiger partial charge in [0.05, 0.1) is 0 Å². The summed E-state index contributed by atoms with van der Waals surface area (Å²) in [7, 11) is 0. The number of aromatic carboxylic acids is 1. The summed E-state index contributed by atoms with van der Waals surface area (Å²) in [6.07, 6.45) is 3.26. The van der Waals surface area contributed by atoms with Gasteiger partial charge >= 0.3 is 5.97 Å². The van der Waals surface area contributed by atoms with Crippen LogP contribution in [-0.4, -0.2) is 16.1 Å². The fourth-order valence-electron chi connectivity index (χ4n) is 1.06. The van der Waals surface area contributed by atoms with Crippen LogP contribution < -0.4 is 0 Å². The van der Waals surface area contributed by atoms with Crippen LogP contribution in [-0.2, 0) is 0 Å². The predicted octanol–water partition coefficient (Wildman–Crippen LogP) is 1.99. The Labute approximate surface area is 72.3 Å². The molecule has 0 spiro atoms. The summed E-state index contributed by atoms with van der Waals surface area (Å²) in [5.74, 6) is -0.874. The van der Waals surface area contributed by atoms with Crippen LogP contribution in [0.2, 0.25) is 0 Å². The Kier molecular flexibility index (Phi) is 1.55. The zero-order valence-corrected chi connectivity index (χ0v) is 6.84. The predicted molar refractivity (Wildman–Crippen MR) is 46.6 cm³/mol. The molecule has 0 bridgehead atoms. The van der Waals surface area contributed by atoms with Gasteiger partial charge in [0.2, 0.25) is 0 Å². The average Bonchev–Trinajstić information content (AvgIpc) is 2.47. The number of carbonyl (C=O) groups is 1. The van der Waals surface area contributed by atoms with E-state index in [0.717, 1.165) is 10.8 Å². The van der Waals surface area contributed by atoms with Gasteiger partial charge in [-0.1, -0.05) is 0 Å². The van der Waals surface area contributed by atoms with E-state index in [1.54, 1.807) is 23.8 Å². The maximum Gasteiger partial charge on any atom is 0.346 e. The standard InChI is InChI=1S/C8H5NO2S/c10-8(11)7-6-1-2-9-3-5(6)4-12-7/h1-4H,(H,10,11). The topological polar surface area (TPSA) is 50.2 Å². The SMILES string of the molecule is O=C(O)c1scc2cnccc12. The van der Waals surface area contributed by atoms with Crippen molar-refractivity contribution in [2.45, 2.75) is 0 Å². The molecule has 0 atom stereocenters. The highest BCUT2D eigenvalue weighted by Gasteiger charge is 2.09. The van der Waals surface area contributed by atoms with E-state index in [4.69, 9.17) is 5.11 Å². The lowest BCUT2D eigenvalue weighted by Crippen LogP contribution is -1.91. The largest absolute Gasteiger partial charge is 0.477 e. The first kappa shape index (κ1) is 7.24. The van der Waals surface area contributed by atoms with Gasteiger partial charge in [0.25, 0.3) is 0 Å². The summed E-state index contributed by atoms with van der Waals surface area (Å²) in [5, 5.41) is 12.2. The number of pyridine rings is 1. The molecule has 3 nitrogen and oxygen atoms in total. The van der Waals surface area contributed by atoms with E-state index in [-0.39, 0.29) is 0 Å². The van der Waals surface area contributed by atoms with E-state index in [2.05, 4.69) is 4.98 Å². The third-order valence-electron chi connectivity index (χ3n) is 1.59. The van der Waals surface area contributed by atoms with Gasteiger partial charge in [-0.05, 0) is 6.07 Å². The number of carboxylic acid groups (broad SMARTS) is 1. The third-order valence-corrected chi connectivity index (χ3v) is 2.60. The van der Waals surface area contributed by atoms with Gasteiger partial charge in [-0.25, -0.2) is 4.79 Å². The van der Waals surface area contributed by atoms with Gasteiger partial charge in [-0.2, -0.15) is 0 Å². The van der Waals surface area contributed by atoms with Crippen LogP contribution in [0, 0.1) is 0 Å². The van der Waals surface area contributed by atoms with Gasteiger partial charge < -0.3 is 5.11 Å². The minimum absolute atomic E-state index is 0.382. The van der Waals surface area contributed by atoms with Crippen molar-refractivity contribution < 1.29 is 9.90 Å². The molecule has 2 rings (SSSR count). The minimum atomic E-state index is -0.874. The number of hydrogen-bond donors (Lipinski definition) is 1. The van der Waals surface area contributed by atoms with Crippen molar-refractivity contribution in [2.24, 2.45) is 0 Å². The lowest BCUT2D eigenvalue weighted by molar-refractivity contribution is 0.0704. The quantitative estimate of drug-likeness (QED) is 0.728. The summed E-state index contributed by atoms with van der Waals surface area (Å²) >= 11 is 1.23. The van der Waals surface area contributed by atoms with Gasteiger partial charge in [-0.15, -0.1) is 11.3 Å². The van der Waals surface area contributed by atoms with Crippen molar-refractivity contribution in [3.05, 3.63) is 28.7 Å². The molecule has 1 N–H and O–H groups in total. The molecule has 0 amide bonds. The van der Waals surface area contributed by atoms with Crippen LogP contribution in [0.3, 0.4) is 0 Å².